The van der Waals surface area contributed by atoms with Gasteiger partial charge in [0.05, 0.1) is 6.61 Å². The van der Waals surface area contributed by atoms with Crippen LogP contribution >= 0.6 is 0 Å². The van der Waals surface area contributed by atoms with Gasteiger partial charge in [0.2, 0.25) is 11.8 Å². The van der Waals surface area contributed by atoms with Crippen LogP contribution in [0.15, 0.2) is 6.07 Å². The lowest BCUT2D eigenvalue weighted by molar-refractivity contribution is -0.138. The highest BCUT2D eigenvalue weighted by molar-refractivity contribution is 5.77. The van der Waals surface area contributed by atoms with Gasteiger partial charge in [-0.1, -0.05) is 0 Å². The van der Waals surface area contributed by atoms with Crippen LogP contribution in [0.3, 0.4) is 0 Å². The lowest BCUT2D eigenvalue weighted by Gasteiger charge is -2.14. The van der Waals surface area contributed by atoms with Crippen LogP contribution in [0.2, 0.25) is 0 Å². The molecule has 1 heterocycles. The third kappa shape index (κ3) is 3.09. The molecule has 0 amide bonds. The minimum Gasteiger partial charge on any atom is -0.480 e. The van der Waals surface area contributed by atoms with E-state index in [0.717, 1.165) is 18.5 Å². The number of carbonyl (C=O) groups is 1. The van der Waals surface area contributed by atoms with Crippen molar-refractivity contribution in [2.45, 2.75) is 32.7 Å². The van der Waals surface area contributed by atoms with Crippen molar-refractivity contribution in [1.82, 2.24) is 9.97 Å². The molecule has 1 fully saturated rings. The number of hydrogen-bond donors (Lipinski definition) is 2. The van der Waals surface area contributed by atoms with E-state index in [-0.39, 0.29) is 5.92 Å². The first kappa shape index (κ1) is 12.6. The predicted octanol–water partition coefficient (Wildman–Crippen LogP) is 1.46. The summed E-state index contributed by atoms with van der Waals surface area (Å²) in [6.07, 6.45) is 1.88. The zero-order chi connectivity index (χ0) is 13.1. The average molecular weight is 251 g/mol. The molecule has 1 saturated carbocycles. The van der Waals surface area contributed by atoms with Crippen LogP contribution < -0.4 is 10.1 Å². The highest BCUT2D eigenvalue weighted by Crippen LogP contribution is 2.34. The first-order chi connectivity index (χ1) is 8.60. The summed E-state index contributed by atoms with van der Waals surface area (Å²) >= 11 is 0. The molecular weight excluding hydrogens is 234 g/mol. The van der Waals surface area contributed by atoms with Crippen molar-refractivity contribution in [3.63, 3.8) is 0 Å². The average Bonchev–Trinajstić information content (AvgIpc) is 3.09. The fourth-order valence-electron chi connectivity index (χ4n) is 1.78. The molecule has 0 saturated heterocycles. The first-order valence-corrected chi connectivity index (χ1v) is 6.08. The van der Waals surface area contributed by atoms with Gasteiger partial charge in [0.1, 0.15) is 6.04 Å². The number of nitrogens with zero attached hydrogens (tertiary/aromatic N) is 2. The zero-order valence-corrected chi connectivity index (χ0v) is 10.5. The number of nitrogens with one attached hydrogen (secondary N) is 1. The number of carboxylic acids is 1. The van der Waals surface area contributed by atoms with E-state index >= 15 is 0 Å². The van der Waals surface area contributed by atoms with Gasteiger partial charge in [-0.15, -0.1) is 0 Å². The lowest BCUT2D eigenvalue weighted by atomic mass is 10.2. The molecule has 0 spiro atoms. The van der Waals surface area contributed by atoms with E-state index in [1.165, 1.54) is 0 Å². The van der Waals surface area contributed by atoms with Gasteiger partial charge in [0, 0.05) is 11.8 Å². The van der Waals surface area contributed by atoms with Crippen molar-refractivity contribution in [3.8, 4) is 5.88 Å². The van der Waals surface area contributed by atoms with Crippen molar-refractivity contribution in [2.24, 2.45) is 5.92 Å². The molecule has 0 aliphatic heterocycles. The van der Waals surface area contributed by atoms with Gasteiger partial charge in [-0.05, 0) is 32.6 Å². The summed E-state index contributed by atoms with van der Waals surface area (Å²) in [5.41, 5.74) is 0.746. The zero-order valence-electron chi connectivity index (χ0n) is 10.5. The lowest BCUT2D eigenvalue weighted by Crippen LogP contribution is -2.32. The minimum atomic E-state index is -0.861. The normalized spacial score (nSPS) is 16.1. The summed E-state index contributed by atoms with van der Waals surface area (Å²) in [6.45, 7) is 4.21. The molecule has 6 heteroatoms. The second-order valence-corrected chi connectivity index (χ2v) is 4.40. The van der Waals surface area contributed by atoms with Gasteiger partial charge in [-0.25, -0.2) is 9.78 Å². The molecule has 1 atom stereocenters. The standard InChI is InChI=1S/C12H17N3O3/c1-3-18-9-6-7(2)13-12(14-9)15-10(11(16)17)8-4-5-8/h6,8,10H,3-5H2,1-2H3,(H,16,17)(H,13,14,15). The molecular formula is C12H17N3O3. The fourth-order valence-corrected chi connectivity index (χ4v) is 1.78. The molecule has 18 heavy (non-hydrogen) atoms. The van der Waals surface area contributed by atoms with Gasteiger partial charge in [-0.2, -0.15) is 4.98 Å². The van der Waals surface area contributed by atoms with E-state index < -0.39 is 12.0 Å². The molecule has 0 radical (unpaired) electrons. The van der Waals surface area contributed by atoms with Gasteiger partial charge in [-0.3, -0.25) is 0 Å². The summed E-state index contributed by atoms with van der Waals surface area (Å²) < 4.78 is 5.31. The van der Waals surface area contributed by atoms with Crippen molar-refractivity contribution < 1.29 is 14.6 Å². The quantitative estimate of drug-likeness (QED) is 0.796. The number of carboxylic acid groups (broad SMARTS) is 1. The summed E-state index contributed by atoms with van der Waals surface area (Å²) in [7, 11) is 0. The number of hydrogen-bond acceptors (Lipinski definition) is 5. The number of aromatic nitrogens is 2. The molecule has 0 aromatic carbocycles. The van der Waals surface area contributed by atoms with Gasteiger partial charge in [0.25, 0.3) is 0 Å². The number of aliphatic carboxylic acids is 1. The van der Waals surface area contributed by atoms with Crippen LogP contribution in [-0.4, -0.2) is 33.7 Å². The van der Waals surface area contributed by atoms with Crippen LogP contribution in [0.5, 0.6) is 5.88 Å². The Hall–Kier alpha value is -1.85. The van der Waals surface area contributed by atoms with E-state index in [9.17, 15) is 4.79 Å². The molecule has 1 unspecified atom stereocenters. The second-order valence-electron chi connectivity index (χ2n) is 4.40. The molecule has 1 aliphatic carbocycles. The first-order valence-electron chi connectivity index (χ1n) is 6.08. The smallest absolute Gasteiger partial charge is 0.326 e. The van der Waals surface area contributed by atoms with Crippen molar-refractivity contribution >= 4 is 11.9 Å². The number of anilines is 1. The Bertz CT molecular complexity index is 446. The van der Waals surface area contributed by atoms with E-state index in [1.54, 1.807) is 6.07 Å². The van der Waals surface area contributed by atoms with E-state index in [4.69, 9.17) is 9.84 Å². The van der Waals surface area contributed by atoms with Gasteiger partial charge in [0.15, 0.2) is 0 Å². The number of rotatable bonds is 6. The van der Waals surface area contributed by atoms with Crippen LogP contribution in [0.25, 0.3) is 0 Å². The van der Waals surface area contributed by atoms with Gasteiger partial charge < -0.3 is 15.2 Å². The third-order valence-corrected chi connectivity index (χ3v) is 2.77. The van der Waals surface area contributed by atoms with Crippen molar-refractivity contribution in [1.29, 1.82) is 0 Å². The Morgan fingerprint density at radius 3 is 2.89 bits per heavy atom. The second kappa shape index (κ2) is 5.20. The molecule has 2 rings (SSSR count). The monoisotopic (exact) mass is 251 g/mol. The molecule has 6 nitrogen and oxygen atoms in total. The van der Waals surface area contributed by atoms with Gasteiger partial charge >= 0.3 is 5.97 Å². The maximum atomic E-state index is 11.1. The molecule has 2 N–H and O–H groups in total. The SMILES string of the molecule is CCOc1cc(C)nc(NC(C(=O)O)C2CC2)n1. The highest BCUT2D eigenvalue weighted by Gasteiger charge is 2.36. The summed E-state index contributed by atoms with van der Waals surface area (Å²) in [5.74, 6) is 0.105. The van der Waals surface area contributed by atoms with E-state index in [0.29, 0.717) is 18.4 Å². The number of ether oxygens (including phenoxy) is 1. The molecule has 98 valence electrons. The Morgan fingerprint density at radius 2 is 2.33 bits per heavy atom. The van der Waals surface area contributed by atoms with Crippen LogP contribution in [0.4, 0.5) is 5.95 Å². The maximum absolute atomic E-state index is 11.1. The minimum absolute atomic E-state index is 0.183. The van der Waals surface area contributed by atoms with Crippen LogP contribution in [0.1, 0.15) is 25.5 Å². The van der Waals surface area contributed by atoms with E-state index in [2.05, 4.69) is 15.3 Å². The van der Waals surface area contributed by atoms with Crippen molar-refractivity contribution in [3.05, 3.63) is 11.8 Å². The summed E-state index contributed by atoms with van der Waals surface area (Å²) in [6, 6.07) is 1.11. The maximum Gasteiger partial charge on any atom is 0.326 e. The molecule has 0 bridgehead atoms. The van der Waals surface area contributed by atoms with E-state index in [1.807, 2.05) is 13.8 Å². The Balaban J connectivity index is 2.14. The van der Waals surface area contributed by atoms with Crippen LogP contribution in [0, 0.1) is 12.8 Å². The fraction of sp³-hybridized carbons (Fsp3) is 0.583. The molecule has 1 aliphatic rings. The predicted molar refractivity (Wildman–Crippen MR) is 65.7 cm³/mol. The van der Waals surface area contributed by atoms with Crippen LogP contribution in [-0.2, 0) is 4.79 Å². The molecule has 1 aromatic heterocycles. The number of aryl methyl sites for hydroxylation is 1. The third-order valence-electron chi connectivity index (χ3n) is 2.77. The Kier molecular flexibility index (Phi) is 3.64. The largest absolute Gasteiger partial charge is 0.480 e. The summed E-state index contributed by atoms with van der Waals surface area (Å²) in [5, 5.41) is 12.0. The Morgan fingerprint density at radius 1 is 1.61 bits per heavy atom. The Labute approximate surface area is 105 Å². The van der Waals surface area contributed by atoms with Crippen molar-refractivity contribution in [2.75, 3.05) is 11.9 Å². The topological polar surface area (TPSA) is 84.3 Å². The molecule has 1 aromatic rings. The highest BCUT2D eigenvalue weighted by atomic mass is 16.5. The summed E-state index contributed by atoms with van der Waals surface area (Å²) in [4.78, 5) is 19.5.